The lowest BCUT2D eigenvalue weighted by Crippen LogP contribution is -2.40. The van der Waals surface area contributed by atoms with Crippen LogP contribution in [0.1, 0.15) is 58.8 Å². The summed E-state index contributed by atoms with van der Waals surface area (Å²) in [6.45, 7) is 5.89. The smallest absolute Gasteiger partial charge is 0.222 e. The molecule has 1 amide bonds. The van der Waals surface area contributed by atoms with E-state index in [9.17, 15) is 4.79 Å². The second kappa shape index (κ2) is 7.70. The van der Waals surface area contributed by atoms with Crippen LogP contribution < -0.4 is 5.73 Å². The maximum absolute atomic E-state index is 12.2. The van der Waals surface area contributed by atoms with Crippen molar-refractivity contribution in [3.8, 4) is 0 Å². The Bertz CT molecular complexity index is 222. The molecule has 0 aromatic rings. The molecule has 3 heteroatoms. The number of rotatable bonds is 7. The zero-order valence-electron chi connectivity index (χ0n) is 11.5. The van der Waals surface area contributed by atoms with Gasteiger partial charge < -0.3 is 10.6 Å². The summed E-state index contributed by atoms with van der Waals surface area (Å²) < 4.78 is 0. The Hall–Kier alpha value is -0.570. The number of amides is 1. The first kappa shape index (κ1) is 14.5. The van der Waals surface area contributed by atoms with Crippen LogP contribution in [-0.4, -0.2) is 29.9 Å². The van der Waals surface area contributed by atoms with Crippen LogP contribution in [0.3, 0.4) is 0 Å². The zero-order chi connectivity index (χ0) is 12.7. The molecule has 0 saturated heterocycles. The maximum atomic E-state index is 12.2. The second-order valence-corrected chi connectivity index (χ2v) is 5.60. The first-order valence-corrected chi connectivity index (χ1v) is 7.14. The normalized spacial score (nSPS) is 16.7. The number of carbonyl (C=O) groups is 1. The molecule has 0 atom stereocenters. The predicted molar refractivity (Wildman–Crippen MR) is 71.7 cm³/mol. The van der Waals surface area contributed by atoms with E-state index in [0.29, 0.717) is 30.8 Å². The van der Waals surface area contributed by atoms with Crippen molar-refractivity contribution in [2.45, 2.75) is 64.8 Å². The van der Waals surface area contributed by atoms with E-state index in [1.165, 1.54) is 25.7 Å². The van der Waals surface area contributed by atoms with E-state index in [-0.39, 0.29) is 0 Å². The average molecular weight is 240 g/mol. The molecule has 2 N–H and O–H groups in total. The van der Waals surface area contributed by atoms with E-state index < -0.39 is 0 Å². The summed E-state index contributed by atoms with van der Waals surface area (Å²) in [5, 5.41) is 0. The molecule has 1 saturated carbocycles. The van der Waals surface area contributed by atoms with Crippen molar-refractivity contribution in [3.05, 3.63) is 0 Å². The SMILES string of the molecule is CC(C)CCC(=O)N(CCCN)C1CCCC1. The van der Waals surface area contributed by atoms with Gasteiger partial charge in [0.05, 0.1) is 0 Å². The first-order chi connectivity index (χ1) is 8.15. The minimum absolute atomic E-state index is 0.346. The summed E-state index contributed by atoms with van der Waals surface area (Å²) in [6, 6.07) is 0.501. The maximum Gasteiger partial charge on any atom is 0.222 e. The van der Waals surface area contributed by atoms with Gasteiger partial charge in [-0.2, -0.15) is 0 Å². The lowest BCUT2D eigenvalue weighted by atomic mass is 10.1. The fourth-order valence-corrected chi connectivity index (χ4v) is 2.54. The van der Waals surface area contributed by atoms with Gasteiger partial charge in [-0.3, -0.25) is 4.79 Å². The third-order valence-corrected chi connectivity index (χ3v) is 3.62. The molecule has 0 aromatic heterocycles. The monoisotopic (exact) mass is 240 g/mol. The molecule has 0 radical (unpaired) electrons. The summed E-state index contributed by atoms with van der Waals surface area (Å²) in [6.07, 6.45) is 7.59. The molecule has 17 heavy (non-hydrogen) atoms. The molecule has 1 aliphatic rings. The Balaban J connectivity index is 2.45. The van der Waals surface area contributed by atoms with Gasteiger partial charge in [-0.05, 0) is 38.1 Å². The lowest BCUT2D eigenvalue weighted by molar-refractivity contribution is -0.133. The van der Waals surface area contributed by atoms with Crippen molar-refractivity contribution in [2.75, 3.05) is 13.1 Å². The van der Waals surface area contributed by atoms with Gasteiger partial charge in [-0.1, -0.05) is 26.7 Å². The topological polar surface area (TPSA) is 46.3 Å². The van der Waals surface area contributed by atoms with Crippen molar-refractivity contribution in [3.63, 3.8) is 0 Å². The zero-order valence-corrected chi connectivity index (χ0v) is 11.5. The van der Waals surface area contributed by atoms with Crippen LogP contribution in [0.25, 0.3) is 0 Å². The largest absolute Gasteiger partial charge is 0.340 e. The second-order valence-electron chi connectivity index (χ2n) is 5.60. The minimum Gasteiger partial charge on any atom is -0.340 e. The standard InChI is InChI=1S/C14H28N2O/c1-12(2)8-9-14(17)16(11-5-10-15)13-6-3-4-7-13/h12-13H,3-11,15H2,1-2H3. The highest BCUT2D eigenvalue weighted by atomic mass is 16.2. The first-order valence-electron chi connectivity index (χ1n) is 7.14. The van der Waals surface area contributed by atoms with Crippen molar-refractivity contribution in [1.82, 2.24) is 4.90 Å². The van der Waals surface area contributed by atoms with Crippen molar-refractivity contribution < 1.29 is 4.79 Å². The number of hydrogen-bond donors (Lipinski definition) is 1. The molecule has 1 fully saturated rings. The third kappa shape index (κ3) is 5.07. The van der Waals surface area contributed by atoms with Crippen LogP contribution in [-0.2, 0) is 4.79 Å². The van der Waals surface area contributed by atoms with Gasteiger partial charge in [0.25, 0.3) is 0 Å². The van der Waals surface area contributed by atoms with Gasteiger partial charge in [0.15, 0.2) is 0 Å². The highest BCUT2D eigenvalue weighted by Crippen LogP contribution is 2.24. The molecule has 0 unspecified atom stereocenters. The number of carbonyl (C=O) groups excluding carboxylic acids is 1. The Morgan fingerprint density at radius 2 is 2.00 bits per heavy atom. The van der Waals surface area contributed by atoms with Gasteiger partial charge in [-0.25, -0.2) is 0 Å². The Kier molecular flexibility index (Phi) is 6.56. The van der Waals surface area contributed by atoms with E-state index in [1.54, 1.807) is 0 Å². The van der Waals surface area contributed by atoms with E-state index >= 15 is 0 Å². The van der Waals surface area contributed by atoms with Crippen LogP contribution in [0.15, 0.2) is 0 Å². The van der Waals surface area contributed by atoms with Gasteiger partial charge in [0.2, 0.25) is 5.91 Å². The van der Waals surface area contributed by atoms with Crippen LogP contribution in [0.2, 0.25) is 0 Å². The molecular weight excluding hydrogens is 212 g/mol. The van der Waals surface area contributed by atoms with Crippen molar-refractivity contribution in [2.24, 2.45) is 11.7 Å². The van der Waals surface area contributed by atoms with Gasteiger partial charge in [0.1, 0.15) is 0 Å². The molecule has 1 rings (SSSR count). The number of nitrogens with two attached hydrogens (primary N) is 1. The van der Waals surface area contributed by atoms with E-state index in [2.05, 4.69) is 18.7 Å². The Labute approximate surface area is 106 Å². The van der Waals surface area contributed by atoms with Crippen LogP contribution in [0.4, 0.5) is 0 Å². The molecular formula is C14H28N2O. The molecule has 100 valence electrons. The summed E-state index contributed by atoms with van der Waals surface area (Å²) >= 11 is 0. The van der Waals surface area contributed by atoms with Gasteiger partial charge in [0, 0.05) is 19.0 Å². The molecule has 0 aliphatic heterocycles. The van der Waals surface area contributed by atoms with Gasteiger partial charge >= 0.3 is 0 Å². The fourth-order valence-electron chi connectivity index (χ4n) is 2.54. The quantitative estimate of drug-likeness (QED) is 0.743. The van der Waals surface area contributed by atoms with Crippen LogP contribution in [0, 0.1) is 5.92 Å². The molecule has 0 aromatic carbocycles. The summed E-state index contributed by atoms with van der Waals surface area (Å²) in [4.78, 5) is 14.3. The van der Waals surface area contributed by atoms with Crippen molar-refractivity contribution in [1.29, 1.82) is 0 Å². The van der Waals surface area contributed by atoms with Crippen LogP contribution >= 0.6 is 0 Å². The van der Waals surface area contributed by atoms with E-state index in [1.807, 2.05) is 0 Å². The molecule has 0 spiro atoms. The summed E-state index contributed by atoms with van der Waals surface area (Å²) in [5.74, 6) is 0.956. The highest BCUT2D eigenvalue weighted by molar-refractivity contribution is 5.76. The van der Waals surface area contributed by atoms with Gasteiger partial charge in [-0.15, -0.1) is 0 Å². The lowest BCUT2D eigenvalue weighted by Gasteiger charge is -2.29. The Morgan fingerprint density at radius 1 is 1.35 bits per heavy atom. The number of nitrogens with zero attached hydrogens (tertiary/aromatic N) is 1. The van der Waals surface area contributed by atoms with Crippen molar-refractivity contribution >= 4 is 5.91 Å². The minimum atomic E-state index is 0.346. The predicted octanol–water partition coefficient (Wildman–Crippen LogP) is 2.54. The molecule has 0 heterocycles. The summed E-state index contributed by atoms with van der Waals surface area (Å²) in [5.41, 5.74) is 5.56. The van der Waals surface area contributed by atoms with E-state index in [0.717, 1.165) is 19.4 Å². The molecule has 0 bridgehead atoms. The van der Waals surface area contributed by atoms with E-state index in [4.69, 9.17) is 5.73 Å². The Morgan fingerprint density at radius 3 is 2.53 bits per heavy atom. The number of hydrogen-bond acceptors (Lipinski definition) is 2. The fraction of sp³-hybridized carbons (Fsp3) is 0.929. The molecule has 3 nitrogen and oxygen atoms in total. The highest BCUT2D eigenvalue weighted by Gasteiger charge is 2.25. The average Bonchev–Trinajstić information content (AvgIpc) is 2.80. The van der Waals surface area contributed by atoms with Crippen LogP contribution in [0.5, 0.6) is 0 Å². The third-order valence-electron chi connectivity index (χ3n) is 3.62. The molecule has 1 aliphatic carbocycles. The summed E-state index contributed by atoms with van der Waals surface area (Å²) in [7, 11) is 0.